The van der Waals surface area contributed by atoms with E-state index in [-0.39, 0.29) is 23.3 Å². The lowest BCUT2D eigenvalue weighted by molar-refractivity contribution is -0.132. The standard InChI is InChI=1S/C16H33N3O/c1-6-19(7-2)11-10-18-15(20)13-8-9-14(17)12(3)16(13,4)5/h12-14H,6-11,17H2,1-5H3,(H,18,20). The van der Waals surface area contributed by atoms with Gasteiger partial charge in [-0.15, -0.1) is 0 Å². The summed E-state index contributed by atoms with van der Waals surface area (Å²) in [6.45, 7) is 14.6. The summed E-state index contributed by atoms with van der Waals surface area (Å²) in [6, 6.07) is 0.227. The van der Waals surface area contributed by atoms with Crippen LogP contribution in [-0.2, 0) is 4.79 Å². The Morgan fingerprint density at radius 2 is 1.90 bits per heavy atom. The third kappa shape index (κ3) is 3.95. The number of rotatable bonds is 6. The lowest BCUT2D eigenvalue weighted by Crippen LogP contribution is -2.52. The van der Waals surface area contributed by atoms with Crippen molar-refractivity contribution in [3.63, 3.8) is 0 Å². The molecule has 1 aliphatic rings. The molecule has 0 aromatic rings. The largest absolute Gasteiger partial charge is 0.355 e. The molecule has 20 heavy (non-hydrogen) atoms. The maximum atomic E-state index is 12.5. The van der Waals surface area contributed by atoms with Gasteiger partial charge < -0.3 is 16.0 Å². The normalized spacial score (nSPS) is 29.4. The van der Waals surface area contributed by atoms with Crippen molar-refractivity contribution in [3.8, 4) is 0 Å². The van der Waals surface area contributed by atoms with E-state index in [0.717, 1.165) is 39.0 Å². The average molecular weight is 283 g/mol. The Labute approximate surface area is 124 Å². The summed E-state index contributed by atoms with van der Waals surface area (Å²) in [5.74, 6) is 0.685. The molecule has 3 unspecified atom stereocenters. The van der Waals surface area contributed by atoms with E-state index in [1.165, 1.54) is 0 Å². The van der Waals surface area contributed by atoms with Gasteiger partial charge in [-0.05, 0) is 37.3 Å². The van der Waals surface area contributed by atoms with Crippen molar-refractivity contribution in [3.05, 3.63) is 0 Å². The second kappa shape index (κ2) is 7.41. The predicted octanol–water partition coefficient (Wildman–Crippen LogP) is 1.84. The molecule has 0 radical (unpaired) electrons. The maximum Gasteiger partial charge on any atom is 0.223 e. The highest BCUT2D eigenvalue weighted by Crippen LogP contribution is 2.44. The smallest absolute Gasteiger partial charge is 0.223 e. The molecule has 3 N–H and O–H groups in total. The topological polar surface area (TPSA) is 58.4 Å². The molecule has 0 aliphatic heterocycles. The zero-order valence-electron chi connectivity index (χ0n) is 13.9. The minimum absolute atomic E-state index is 0.0169. The van der Waals surface area contributed by atoms with E-state index >= 15 is 0 Å². The summed E-state index contributed by atoms with van der Waals surface area (Å²) in [4.78, 5) is 14.8. The van der Waals surface area contributed by atoms with Gasteiger partial charge in [0, 0.05) is 25.0 Å². The number of amides is 1. The van der Waals surface area contributed by atoms with Gasteiger partial charge in [-0.3, -0.25) is 4.79 Å². The fourth-order valence-corrected chi connectivity index (χ4v) is 3.32. The average Bonchev–Trinajstić information content (AvgIpc) is 2.41. The van der Waals surface area contributed by atoms with Crippen LogP contribution < -0.4 is 11.1 Å². The second-order valence-corrected chi connectivity index (χ2v) is 6.72. The number of nitrogens with two attached hydrogens (primary N) is 1. The van der Waals surface area contributed by atoms with Crippen LogP contribution in [-0.4, -0.2) is 43.0 Å². The van der Waals surface area contributed by atoms with Crippen LogP contribution in [0.15, 0.2) is 0 Å². The SMILES string of the molecule is CCN(CC)CCNC(=O)C1CCC(N)C(C)C1(C)C. The molecule has 1 rings (SSSR count). The summed E-state index contributed by atoms with van der Waals surface area (Å²) in [6.07, 6.45) is 1.87. The number of carbonyl (C=O) groups excluding carboxylic acids is 1. The molecule has 4 nitrogen and oxygen atoms in total. The monoisotopic (exact) mass is 283 g/mol. The summed E-state index contributed by atoms with van der Waals surface area (Å²) in [5.41, 5.74) is 6.14. The highest BCUT2D eigenvalue weighted by Gasteiger charge is 2.44. The van der Waals surface area contributed by atoms with E-state index in [9.17, 15) is 4.79 Å². The van der Waals surface area contributed by atoms with Crippen LogP contribution in [0, 0.1) is 17.3 Å². The predicted molar refractivity (Wildman–Crippen MR) is 84.4 cm³/mol. The fourth-order valence-electron chi connectivity index (χ4n) is 3.32. The van der Waals surface area contributed by atoms with Gasteiger partial charge in [-0.1, -0.05) is 34.6 Å². The van der Waals surface area contributed by atoms with E-state index in [2.05, 4.69) is 44.8 Å². The van der Waals surface area contributed by atoms with Crippen LogP contribution in [0.25, 0.3) is 0 Å². The van der Waals surface area contributed by atoms with Gasteiger partial charge in [-0.25, -0.2) is 0 Å². The van der Waals surface area contributed by atoms with Crippen molar-refractivity contribution >= 4 is 5.91 Å². The summed E-state index contributed by atoms with van der Waals surface area (Å²) in [5, 5.41) is 3.12. The summed E-state index contributed by atoms with van der Waals surface area (Å²) >= 11 is 0. The molecule has 0 heterocycles. The van der Waals surface area contributed by atoms with Crippen molar-refractivity contribution in [2.24, 2.45) is 23.0 Å². The third-order valence-electron chi connectivity index (χ3n) is 5.44. The minimum atomic E-state index is -0.0169. The molecular formula is C16H33N3O. The summed E-state index contributed by atoms with van der Waals surface area (Å²) in [7, 11) is 0. The maximum absolute atomic E-state index is 12.5. The Bertz CT molecular complexity index is 313. The first-order valence-corrected chi connectivity index (χ1v) is 8.10. The molecule has 0 aromatic carbocycles. The first-order valence-electron chi connectivity index (χ1n) is 8.10. The van der Waals surface area contributed by atoms with E-state index in [0.29, 0.717) is 5.92 Å². The van der Waals surface area contributed by atoms with Crippen molar-refractivity contribution in [2.75, 3.05) is 26.2 Å². The highest BCUT2D eigenvalue weighted by atomic mass is 16.1. The van der Waals surface area contributed by atoms with Gasteiger partial charge in [-0.2, -0.15) is 0 Å². The van der Waals surface area contributed by atoms with Crippen LogP contribution >= 0.6 is 0 Å². The molecule has 1 saturated carbocycles. The molecule has 1 amide bonds. The lowest BCUT2D eigenvalue weighted by Gasteiger charge is -2.46. The van der Waals surface area contributed by atoms with Crippen LogP contribution in [0.2, 0.25) is 0 Å². The summed E-state index contributed by atoms with van der Waals surface area (Å²) < 4.78 is 0. The van der Waals surface area contributed by atoms with E-state index in [1.54, 1.807) is 0 Å². The Morgan fingerprint density at radius 3 is 2.45 bits per heavy atom. The highest BCUT2D eigenvalue weighted by molar-refractivity contribution is 5.79. The van der Waals surface area contributed by atoms with Crippen LogP contribution in [0.5, 0.6) is 0 Å². The molecule has 0 bridgehead atoms. The van der Waals surface area contributed by atoms with Crippen LogP contribution in [0.1, 0.15) is 47.5 Å². The first kappa shape index (κ1) is 17.4. The van der Waals surface area contributed by atoms with Crippen molar-refractivity contribution < 1.29 is 4.79 Å². The van der Waals surface area contributed by atoms with Gasteiger partial charge >= 0.3 is 0 Å². The molecule has 1 aliphatic carbocycles. The Morgan fingerprint density at radius 1 is 1.30 bits per heavy atom. The van der Waals surface area contributed by atoms with Crippen molar-refractivity contribution in [2.45, 2.75) is 53.5 Å². The number of nitrogens with zero attached hydrogens (tertiary/aromatic N) is 1. The Hall–Kier alpha value is -0.610. The lowest BCUT2D eigenvalue weighted by atomic mass is 9.61. The number of likely N-dealkylation sites (N-methyl/N-ethyl adjacent to an activating group) is 1. The Kier molecular flexibility index (Phi) is 6.46. The molecule has 0 spiro atoms. The molecule has 118 valence electrons. The van der Waals surface area contributed by atoms with Gasteiger partial charge in [0.05, 0.1) is 0 Å². The quantitative estimate of drug-likeness (QED) is 0.782. The number of hydrogen-bond acceptors (Lipinski definition) is 3. The molecular weight excluding hydrogens is 250 g/mol. The van der Waals surface area contributed by atoms with Crippen LogP contribution in [0.3, 0.4) is 0 Å². The number of hydrogen-bond donors (Lipinski definition) is 2. The van der Waals surface area contributed by atoms with Crippen LogP contribution in [0.4, 0.5) is 0 Å². The molecule has 4 heteroatoms. The first-order chi connectivity index (χ1) is 9.34. The Balaban J connectivity index is 2.50. The zero-order chi connectivity index (χ0) is 15.3. The molecule has 1 fully saturated rings. The van der Waals surface area contributed by atoms with E-state index < -0.39 is 0 Å². The molecule has 0 saturated heterocycles. The van der Waals surface area contributed by atoms with Crippen molar-refractivity contribution in [1.29, 1.82) is 0 Å². The minimum Gasteiger partial charge on any atom is -0.355 e. The van der Waals surface area contributed by atoms with Gasteiger partial charge in [0.25, 0.3) is 0 Å². The van der Waals surface area contributed by atoms with Crippen molar-refractivity contribution in [1.82, 2.24) is 10.2 Å². The fraction of sp³-hybridized carbons (Fsp3) is 0.938. The van der Waals surface area contributed by atoms with Gasteiger partial charge in [0.1, 0.15) is 0 Å². The number of nitrogens with one attached hydrogen (secondary N) is 1. The van der Waals surface area contributed by atoms with E-state index in [4.69, 9.17) is 5.73 Å². The third-order valence-corrected chi connectivity index (χ3v) is 5.44. The zero-order valence-corrected chi connectivity index (χ0v) is 13.9. The van der Waals surface area contributed by atoms with Gasteiger partial charge in [0.2, 0.25) is 5.91 Å². The van der Waals surface area contributed by atoms with Gasteiger partial charge in [0.15, 0.2) is 0 Å². The molecule has 0 aromatic heterocycles. The number of carbonyl (C=O) groups is 1. The molecule has 3 atom stereocenters. The second-order valence-electron chi connectivity index (χ2n) is 6.72. The van der Waals surface area contributed by atoms with E-state index in [1.807, 2.05) is 0 Å².